The van der Waals surface area contributed by atoms with Crippen molar-refractivity contribution in [2.75, 3.05) is 19.8 Å². The summed E-state index contributed by atoms with van der Waals surface area (Å²) in [4.78, 5) is 22.7. The molecule has 5 nitrogen and oxygen atoms in total. The Balaban J connectivity index is 2.22. The van der Waals surface area contributed by atoms with E-state index in [9.17, 15) is 9.59 Å². The highest BCUT2D eigenvalue weighted by Crippen LogP contribution is 2.24. The SMILES string of the molecule is CCOC(=O)CCNC(=O)C1(C)CCCO1. The summed E-state index contributed by atoms with van der Waals surface area (Å²) in [6.07, 6.45) is 1.84. The van der Waals surface area contributed by atoms with Crippen LogP contribution in [0.4, 0.5) is 0 Å². The van der Waals surface area contributed by atoms with Gasteiger partial charge < -0.3 is 14.8 Å². The molecule has 0 aromatic heterocycles. The van der Waals surface area contributed by atoms with Gasteiger partial charge in [0.25, 0.3) is 5.91 Å². The molecule has 1 heterocycles. The molecule has 1 atom stereocenters. The summed E-state index contributed by atoms with van der Waals surface area (Å²) in [5.74, 6) is -0.436. The van der Waals surface area contributed by atoms with E-state index in [0.29, 0.717) is 19.8 Å². The van der Waals surface area contributed by atoms with Gasteiger partial charge in [0.05, 0.1) is 13.0 Å². The largest absolute Gasteiger partial charge is 0.466 e. The second-order valence-corrected chi connectivity index (χ2v) is 3.99. The second kappa shape index (κ2) is 5.84. The normalized spacial score (nSPS) is 24.1. The molecule has 16 heavy (non-hydrogen) atoms. The van der Waals surface area contributed by atoms with Crippen LogP contribution in [0.5, 0.6) is 0 Å². The lowest BCUT2D eigenvalue weighted by Crippen LogP contribution is -2.44. The Hall–Kier alpha value is -1.10. The van der Waals surface area contributed by atoms with Crippen LogP contribution in [-0.2, 0) is 19.1 Å². The van der Waals surface area contributed by atoms with Crippen molar-refractivity contribution in [3.63, 3.8) is 0 Å². The molecule has 1 saturated heterocycles. The van der Waals surface area contributed by atoms with Crippen LogP contribution in [0.25, 0.3) is 0 Å². The maximum atomic E-state index is 11.7. The third-order valence-electron chi connectivity index (χ3n) is 2.62. The van der Waals surface area contributed by atoms with Crippen LogP contribution in [0.1, 0.15) is 33.1 Å². The third kappa shape index (κ3) is 3.48. The molecule has 92 valence electrons. The lowest BCUT2D eigenvalue weighted by Gasteiger charge is -2.21. The summed E-state index contributed by atoms with van der Waals surface area (Å²) < 4.78 is 10.1. The molecule has 1 aliphatic heterocycles. The van der Waals surface area contributed by atoms with Gasteiger partial charge in [0.15, 0.2) is 0 Å². The van der Waals surface area contributed by atoms with Gasteiger partial charge in [-0.3, -0.25) is 9.59 Å². The van der Waals surface area contributed by atoms with Crippen LogP contribution >= 0.6 is 0 Å². The average Bonchev–Trinajstić information content (AvgIpc) is 2.67. The lowest BCUT2D eigenvalue weighted by atomic mass is 10.0. The van der Waals surface area contributed by atoms with Crippen molar-refractivity contribution in [1.82, 2.24) is 5.32 Å². The minimum atomic E-state index is -0.714. The maximum absolute atomic E-state index is 11.7. The molecule has 1 N–H and O–H groups in total. The maximum Gasteiger partial charge on any atom is 0.307 e. The van der Waals surface area contributed by atoms with E-state index < -0.39 is 5.60 Å². The molecular formula is C11H19NO4. The zero-order valence-electron chi connectivity index (χ0n) is 9.88. The first-order valence-corrected chi connectivity index (χ1v) is 5.66. The van der Waals surface area contributed by atoms with Gasteiger partial charge in [-0.2, -0.15) is 0 Å². The molecule has 1 amide bonds. The Morgan fingerprint density at radius 2 is 2.25 bits per heavy atom. The predicted octanol–water partition coefficient (Wildman–Crippen LogP) is 0.625. The topological polar surface area (TPSA) is 64.6 Å². The molecule has 0 bridgehead atoms. The van der Waals surface area contributed by atoms with Crippen LogP contribution < -0.4 is 5.32 Å². The zero-order valence-corrected chi connectivity index (χ0v) is 9.88. The van der Waals surface area contributed by atoms with Gasteiger partial charge in [-0.25, -0.2) is 0 Å². The highest BCUT2D eigenvalue weighted by Gasteiger charge is 2.37. The van der Waals surface area contributed by atoms with Gasteiger partial charge in [0, 0.05) is 13.2 Å². The van der Waals surface area contributed by atoms with E-state index >= 15 is 0 Å². The van der Waals surface area contributed by atoms with Crippen LogP contribution in [0.3, 0.4) is 0 Å². The number of hydrogen-bond donors (Lipinski definition) is 1. The highest BCUT2D eigenvalue weighted by atomic mass is 16.5. The van der Waals surface area contributed by atoms with Crippen LogP contribution in [0.2, 0.25) is 0 Å². The fourth-order valence-corrected chi connectivity index (χ4v) is 1.66. The van der Waals surface area contributed by atoms with Gasteiger partial charge in [0.1, 0.15) is 5.60 Å². The van der Waals surface area contributed by atoms with Crippen molar-refractivity contribution in [1.29, 1.82) is 0 Å². The molecule has 0 saturated carbocycles. The molecular weight excluding hydrogens is 210 g/mol. The number of carbonyl (C=O) groups excluding carboxylic acids is 2. The number of rotatable bonds is 5. The lowest BCUT2D eigenvalue weighted by molar-refractivity contribution is -0.143. The number of amides is 1. The number of carbonyl (C=O) groups is 2. The summed E-state index contributed by atoms with van der Waals surface area (Å²) in [6, 6.07) is 0. The van der Waals surface area contributed by atoms with E-state index in [-0.39, 0.29) is 18.3 Å². The molecule has 1 aliphatic rings. The van der Waals surface area contributed by atoms with Crippen molar-refractivity contribution in [2.24, 2.45) is 0 Å². The second-order valence-electron chi connectivity index (χ2n) is 3.99. The fraction of sp³-hybridized carbons (Fsp3) is 0.818. The minimum Gasteiger partial charge on any atom is -0.466 e. The Labute approximate surface area is 95.5 Å². The first-order chi connectivity index (χ1) is 7.58. The molecule has 0 aromatic rings. The molecule has 1 unspecified atom stereocenters. The Morgan fingerprint density at radius 3 is 2.81 bits per heavy atom. The van der Waals surface area contributed by atoms with Gasteiger partial charge in [0.2, 0.25) is 0 Å². The number of hydrogen-bond acceptors (Lipinski definition) is 4. The Bertz CT molecular complexity index is 259. The van der Waals surface area contributed by atoms with Crippen molar-refractivity contribution in [2.45, 2.75) is 38.7 Å². The summed E-state index contributed by atoms with van der Waals surface area (Å²) in [5, 5.41) is 2.69. The molecule has 0 spiro atoms. The summed E-state index contributed by atoms with van der Waals surface area (Å²) in [7, 11) is 0. The molecule has 5 heteroatoms. The Kier molecular flexibility index (Phi) is 4.73. The molecule has 1 rings (SSSR count). The molecule has 0 radical (unpaired) electrons. The smallest absolute Gasteiger partial charge is 0.307 e. The predicted molar refractivity (Wildman–Crippen MR) is 57.9 cm³/mol. The standard InChI is InChI=1S/C11H19NO4/c1-3-15-9(13)5-7-12-10(14)11(2)6-4-8-16-11/h3-8H2,1-2H3,(H,12,14). The zero-order chi connectivity index (χ0) is 12.0. The van der Waals surface area contributed by atoms with E-state index in [1.165, 1.54) is 0 Å². The van der Waals surface area contributed by atoms with E-state index in [1.807, 2.05) is 0 Å². The molecule has 0 aromatic carbocycles. The summed E-state index contributed by atoms with van der Waals surface area (Å²) in [5.41, 5.74) is -0.714. The van der Waals surface area contributed by atoms with Gasteiger partial charge >= 0.3 is 5.97 Å². The quantitative estimate of drug-likeness (QED) is 0.702. The number of nitrogens with one attached hydrogen (secondary N) is 1. The average molecular weight is 229 g/mol. The summed E-state index contributed by atoms with van der Waals surface area (Å²) >= 11 is 0. The van der Waals surface area contributed by atoms with Gasteiger partial charge in [-0.1, -0.05) is 0 Å². The van der Waals surface area contributed by atoms with Crippen LogP contribution in [0.15, 0.2) is 0 Å². The number of ether oxygens (including phenoxy) is 2. The first kappa shape index (κ1) is 13.0. The van der Waals surface area contributed by atoms with Crippen molar-refractivity contribution >= 4 is 11.9 Å². The van der Waals surface area contributed by atoms with Gasteiger partial charge in [-0.05, 0) is 26.7 Å². The van der Waals surface area contributed by atoms with Crippen LogP contribution in [-0.4, -0.2) is 37.2 Å². The molecule has 0 aliphatic carbocycles. The fourth-order valence-electron chi connectivity index (χ4n) is 1.66. The van der Waals surface area contributed by atoms with Crippen molar-refractivity contribution in [3.05, 3.63) is 0 Å². The van der Waals surface area contributed by atoms with E-state index in [4.69, 9.17) is 9.47 Å². The van der Waals surface area contributed by atoms with E-state index in [1.54, 1.807) is 13.8 Å². The molecule has 1 fully saturated rings. The Morgan fingerprint density at radius 1 is 1.50 bits per heavy atom. The number of esters is 1. The minimum absolute atomic E-state index is 0.144. The monoisotopic (exact) mass is 229 g/mol. The highest BCUT2D eigenvalue weighted by molar-refractivity contribution is 5.85. The third-order valence-corrected chi connectivity index (χ3v) is 2.62. The first-order valence-electron chi connectivity index (χ1n) is 5.66. The van der Waals surface area contributed by atoms with E-state index in [2.05, 4.69) is 5.32 Å². The van der Waals surface area contributed by atoms with Crippen molar-refractivity contribution < 1.29 is 19.1 Å². The van der Waals surface area contributed by atoms with Gasteiger partial charge in [-0.15, -0.1) is 0 Å². The van der Waals surface area contributed by atoms with Crippen molar-refractivity contribution in [3.8, 4) is 0 Å². The van der Waals surface area contributed by atoms with E-state index in [0.717, 1.165) is 12.8 Å². The van der Waals surface area contributed by atoms with Crippen LogP contribution in [0, 0.1) is 0 Å². The summed E-state index contributed by atoms with van der Waals surface area (Å²) in [6.45, 7) is 4.83.